The molecule has 0 bridgehead atoms. The summed E-state index contributed by atoms with van der Waals surface area (Å²) in [5.41, 5.74) is 2.38. The molecule has 1 aliphatic carbocycles. The maximum atomic E-state index is 6.11. The number of hydrogen-bond donors (Lipinski definition) is 0. The van der Waals surface area contributed by atoms with Gasteiger partial charge in [0, 0.05) is 11.6 Å². The molecule has 1 aromatic heterocycles. The minimum atomic E-state index is 0.455. The monoisotopic (exact) mass is 247 g/mol. The minimum absolute atomic E-state index is 0.455. The van der Waals surface area contributed by atoms with Crippen molar-refractivity contribution in [3.8, 4) is 5.69 Å². The van der Waals surface area contributed by atoms with E-state index < -0.39 is 0 Å². The van der Waals surface area contributed by atoms with Gasteiger partial charge >= 0.3 is 0 Å². The summed E-state index contributed by atoms with van der Waals surface area (Å²) < 4.78 is 1.96. The van der Waals surface area contributed by atoms with Crippen molar-refractivity contribution in [2.75, 3.05) is 0 Å². The van der Waals surface area contributed by atoms with E-state index in [9.17, 15) is 0 Å². The Bertz CT molecular complexity index is 526. The van der Waals surface area contributed by atoms with E-state index in [0.29, 0.717) is 11.2 Å². The fraction of sp³-hybridized carbons (Fsp3) is 0.385. The number of hydrogen-bond acceptors (Lipinski definition) is 2. The van der Waals surface area contributed by atoms with Crippen LogP contribution in [0.3, 0.4) is 0 Å². The molecule has 0 N–H and O–H groups in total. The molecule has 88 valence electrons. The van der Waals surface area contributed by atoms with E-state index in [1.165, 1.54) is 18.4 Å². The molecule has 1 fully saturated rings. The molecular formula is C13H14ClN3. The summed E-state index contributed by atoms with van der Waals surface area (Å²) >= 11 is 6.11. The smallest absolute Gasteiger partial charge is 0.229 e. The van der Waals surface area contributed by atoms with Gasteiger partial charge in [0.05, 0.1) is 0 Å². The third-order valence-corrected chi connectivity index (χ3v) is 3.44. The zero-order valence-electron chi connectivity index (χ0n) is 9.73. The standard InChI is InChI=1S/C13H14ClN3/c1-2-9-3-7-11(8-4-9)17-12(10-5-6-10)15-16-13(17)14/h3-4,7-8,10H,2,5-6H2,1H3. The highest BCUT2D eigenvalue weighted by atomic mass is 35.5. The zero-order chi connectivity index (χ0) is 11.8. The first-order chi connectivity index (χ1) is 8.29. The van der Waals surface area contributed by atoms with Crippen LogP contribution >= 0.6 is 11.6 Å². The lowest BCUT2D eigenvalue weighted by molar-refractivity contribution is 0.871. The largest absolute Gasteiger partial charge is 0.270 e. The van der Waals surface area contributed by atoms with Crippen molar-refractivity contribution < 1.29 is 0 Å². The van der Waals surface area contributed by atoms with Crippen molar-refractivity contribution in [3.63, 3.8) is 0 Å². The molecule has 0 amide bonds. The Morgan fingerprint density at radius 1 is 1.24 bits per heavy atom. The second-order valence-electron chi connectivity index (χ2n) is 4.46. The summed E-state index contributed by atoms with van der Waals surface area (Å²) in [5.74, 6) is 1.54. The SMILES string of the molecule is CCc1ccc(-n2c(Cl)nnc2C2CC2)cc1. The second kappa shape index (κ2) is 4.15. The second-order valence-corrected chi connectivity index (χ2v) is 4.79. The van der Waals surface area contributed by atoms with Crippen LogP contribution in [-0.4, -0.2) is 14.8 Å². The van der Waals surface area contributed by atoms with E-state index in [0.717, 1.165) is 17.9 Å². The summed E-state index contributed by atoms with van der Waals surface area (Å²) in [6, 6.07) is 8.42. The van der Waals surface area contributed by atoms with E-state index in [-0.39, 0.29) is 0 Å². The van der Waals surface area contributed by atoms with Gasteiger partial charge in [0.25, 0.3) is 0 Å². The Hall–Kier alpha value is -1.35. The summed E-state index contributed by atoms with van der Waals surface area (Å²) in [6.07, 6.45) is 3.44. The maximum Gasteiger partial charge on any atom is 0.229 e. The fourth-order valence-corrected chi connectivity index (χ4v) is 2.22. The predicted octanol–water partition coefficient (Wildman–Crippen LogP) is 3.36. The molecule has 0 aliphatic heterocycles. The van der Waals surface area contributed by atoms with Crippen molar-refractivity contribution >= 4 is 11.6 Å². The van der Waals surface area contributed by atoms with Gasteiger partial charge < -0.3 is 0 Å². The van der Waals surface area contributed by atoms with Gasteiger partial charge in [-0.1, -0.05) is 19.1 Å². The number of halogens is 1. The van der Waals surface area contributed by atoms with E-state index in [4.69, 9.17) is 11.6 Å². The highest BCUT2D eigenvalue weighted by Gasteiger charge is 2.30. The third-order valence-electron chi connectivity index (χ3n) is 3.19. The van der Waals surface area contributed by atoms with Gasteiger partial charge in [-0.25, -0.2) is 0 Å². The average molecular weight is 248 g/mol. The van der Waals surface area contributed by atoms with Crippen LogP contribution < -0.4 is 0 Å². The molecule has 1 aliphatic rings. The summed E-state index contributed by atoms with van der Waals surface area (Å²) in [5, 5.41) is 8.61. The number of nitrogens with zero attached hydrogens (tertiary/aromatic N) is 3. The lowest BCUT2D eigenvalue weighted by Crippen LogP contribution is -2.00. The van der Waals surface area contributed by atoms with Crippen LogP contribution in [-0.2, 0) is 6.42 Å². The first kappa shape index (κ1) is 10.8. The van der Waals surface area contributed by atoms with Gasteiger partial charge in [0.15, 0.2) is 0 Å². The van der Waals surface area contributed by atoms with Crippen LogP contribution in [0, 0.1) is 0 Å². The molecule has 3 rings (SSSR count). The Labute approximate surface area is 105 Å². The zero-order valence-corrected chi connectivity index (χ0v) is 10.5. The molecule has 1 saturated carbocycles. The number of aryl methyl sites for hydroxylation is 1. The maximum absolute atomic E-state index is 6.11. The highest BCUT2D eigenvalue weighted by Crippen LogP contribution is 2.40. The van der Waals surface area contributed by atoms with Gasteiger partial charge in [-0.2, -0.15) is 0 Å². The van der Waals surface area contributed by atoms with Crippen LogP contribution in [0.1, 0.15) is 37.1 Å². The molecule has 0 atom stereocenters. The molecule has 0 spiro atoms. The van der Waals surface area contributed by atoms with Crippen LogP contribution in [0.25, 0.3) is 5.69 Å². The number of benzene rings is 1. The Morgan fingerprint density at radius 3 is 2.53 bits per heavy atom. The van der Waals surface area contributed by atoms with Crippen LogP contribution in [0.15, 0.2) is 24.3 Å². The molecule has 1 heterocycles. The average Bonchev–Trinajstić information content (AvgIpc) is 3.13. The fourth-order valence-electron chi connectivity index (χ4n) is 2.00. The normalized spacial score (nSPS) is 15.2. The number of rotatable bonds is 3. The Balaban J connectivity index is 2.04. The lowest BCUT2D eigenvalue weighted by Gasteiger charge is -2.07. The lowest BCUT2D eigenvalue weighted by atomic mass is 10.1. The Morgan fingerprint density at radius 2 is 1.94 bits per heavy atom. The van der Waals surface area contributed by atoms with E-state index in [1.54, 1.807) is 0 Å². The van der Waals surface area contributed by atoms with Crippen LogP contribution in [0.4, 0.5) is 0 Å². The molecular weight excluding hydrogens is 234 g/mol. The third kappa shape index (κ3) is 1.95. The minimum Gasteiger partial charge on any atom is -0.270 e. The molecule has 0 unspecified atom stereocenters. The van der Waals surface area contributed by atoms with Gasteiger partial charge in [0.2, 0.25) is 5.28 Å². The van der Waals surface area contributed by atoms with Crippen molar-refractivity contribution in [2.24, 2.45) is 0 Å². The molecule has 17 heavy (non-hydrogen) atoms. The Kier molecular flexibility index (Phi) is 2.63. The van der Waals surface area contributed by atoms with Crippen molar-refractivity contribution in [2.45, 2.75) is 32.1 Å². The van der Waals surface area contributed by atoms with E-state index >= 15 is 0 Å². The van der Waals surface area contributed by atoms with Crippen LogP contribution in [0.2, 0.25) is 5.28 Å². The molecule has 3 nitrogen and oxygen atoms in total. The van der Waals surface area contributed by atoms with Crippen LogP contribution in [0.5, 0.6) is 0 Å². The summed E-state index contributed by atoms with van der Waals surface area (Å²) in [6.45, 7) is 2.15. The van der Waals surface area contributed by atoms with Crippen molar-refractivity contribution in [1.82, 2.24) is 14.8 Å². The van der Waals surface area contributed by atoms with E-state index in [2.05, 4.69) is 41.4 Å². The summed E-state index contributed by atoms with van der Waals surface area (Å²) in [4.78, 5) is 0. The first-order valence-electron chi connectivity index (χ1n) is 5.99. The molecule has 0 saturated heterocycles. The summed E-state index contributed by atoms with van der Waals surface area (Å²) in [7, 11) is 0. The van der Waals surface area contributed by atoms with Crippen molar-refractivity contribution in [3.05, 3.63) is 40.9 Å². The topological polar surface area (TPSA) is 30.7 Å². The highest BCUT2D eigenvalue weighted by molar-refractivity contribution is 6.28. The molecule has 4 heteroatoms. The first-order valence-corrected chi connectivity index (χ1v) is 6.37. The van der Waals surface area contributed by atoms with Gasteiger partial charge in [-0.05, 0) is 48.6 Å². The molecule has 1 aromatic carbocycles. The quantitative estimate of drug-likeness (QED) is 0.833. The van der Waals surface area contributed by atoms with Gasteiger partial charge in [0.1, 0.15) is 5.82 Å². The number of aromatic nitrogens is 3. The van der Waals surface area contributed by atoms with Crippen molar-refractivity contribution in [1.29, 1.82) is 0 Å². The molecule has 0 radical (unpaired) electrons. The molecule has 2 aromatic rings. The van der Waals surface area contributed by atoms with Gasteiger partial charge in [-0.3, -0.25) is 4.57 Å². The van der Waals surface area contributed by atoms with Gasteiger partial charge in [-0.15, -0.1) is 10.2 Å². The predicted molar refractivity (Wildman–Crippen MR) is 67.7 cm³/mol. The van der Waals surface area contributed by atoms with E-state index in [1.807, 2.05) is 4.57 Å².